The first-order valence-electron chi connectivity index (χ1n) is 14.4. The number of rotatable bonds is 6. The second-order valence-corrected chi connectivity index (χ2v) is 13.7. The molecule has 0 saturated carbocycles. The largest absolute Gasteiger partial charge is 0.381 e. The maximum atomic E-state index is 14.1. The minimum absolute atomic E-state index is 0.0565. The number of carbonyl (C=O) groups is 3. The number of piperazine rings is 1. The summed E-state index contributed by atoms with van der Waals surface area (Å²) in [5.41, 5.74) is 1.10. The van der Waals surface area contributed by atoms with Gasteiger partial charge in [-0.3, -0.25) is 19.3 Å². The lowest BCUT2D eigenvalue weighted by molar-refractivity contribution is -0.147. The molecule has 3 amide bonds. The Morgan fingerprint density at radius 1 is 1.05 bits per heavy atom. The number of benzene rings is 1. The van der Waals surface area contributed by atoms with Crippen LogP contribution in [0.3, 0.4) is 0 Å². The summed E-state index contributed by atoms with van der Waals surface area (Å²) in [4.78, 5) is 45.8. The van der Waals surface area contributed by atoms with Gasteiger partial charge in [0.1, 0.15) is 6.04 Å². The summed E-state index contributed by atoms with van der Waals surface area (Å²) in [5, 5.41) is 2.87. The van der Waals surface area contributed by atoms with Gasteiger partial charge in [0.05, 0.1) is 5.92 Å². The summed E-state index contributed by atoms with van der Waals surface area (Å²) in [6.07, 6.45) is 2.59. The molecule has 4 atom stereocenters. The summed E-state index contributed by atoms with van der Waals surface area (Å²) >= 11 is 3.54. The fourth-order valence-corrected chi connectivity index (χ4v) is 6.72. The van der Waals surface area contributed by atoms with Crippen molar-refractivity contribution in [3.8, 4) is 0 Å². The number of nitrogens with one attached hydrogen (secondary N) is 1. The Bertz CT molecular complexity index is 1020. The van der Waals surface area contributed by atoms with Crippen LogP contribution in [-0.2, 0) is 19.1 Å². The Morgan fingerprint density at radius 2 is 1.72 bits per heavy atom. The highest BCUT2D eigenvalue weighted by atomic mass is 79.9. The Labute approximate surface area is 241 Å². The van der Waals surface area contributed by atoms with E-state index in [9.17, 15) is 14.4 Å². The summed E-state index contributed by atoms with van der Waals surface area (Å²) in [5.74, 6) is -0.0484. The number of hydrogen-bond donors (Lipinski definition) is 1. The first kappa shape index (κ1) is 30.0. The average molecular weight is 606 g/mol. The van der Waals surface area contributed by atoms with Crippen LogP contribution in [0.1, 0.15) is 65.4 Å². The van der Waals surface area contributed by atoms with Gasteiger partial charge in [0.15, 0.2) is 0 Å². The van der Waals surface area contributed by atoms with E-state index in [0.717, 1.165) is 43.6 Å². The molecule has 3 fully saturated rings. The minimum Gasteiger partial charge on any atom is -0.381 e. The third-order valence-corrected chi connectivity index (χ3v) is 8.91. The van der Waals surface area contributed by atoms with E-state index < -0.39 is 6.04 Å². The van der Waals surface area contributed by atoms with Crippen molar-refractivity contribution in [2.24, 2.45) is 11.3 Å². The maximum Gasteiger partial charge on any atom is 0.245 e. The smallest absolute Gasteiger partial charge is 0.245 e. The molecule has 0 bridgehead atoms. The number of hydrogen-bond acceptors (Lipinski definition) is 5. The van der Waals surface area contributed by atoms with Gasteiger partial charge in [-0.25, -0.2) is 0 Å². The standard InChI is InChI=1S/C30H45BrN4O4/c1-20-17-33(12-13-35(20)29(38)27(32-21(2)36)16-30(3,4)5)28(37)26-19-34(24-10-14-39-15-11-24)18-25(26)22-6-8-23(31)9-7-22/h6-9,20,24-27H,10-19H2,1-5H3,(H,32,36)/t20-,25?,26?,27+/m1/s1. The van der Waals surface area contributed by atoms with Crippen LogP contribution in [0.5, 0.6) is 0 Å². The second kappa shape index (κ2) is 12.7. The first-order valence-corrected chi connectivity index (χ1v) is 15.2. The van der Waals surface area contributed by atoms with Crippen LogP contribution in [0.2, 0.25) is 0 Å². The van der Waals surface area contributed by atoms with Gasteiger partial charge >= 0.3 is 0 Å². The third kappa shape index (κ3) is 7.61. The molecule has 3 aliphatic rings. The summed E-state index contributed by atoms with van der Waals surface area (Å²) in [7, 11) is 0. The van der Waals surface area contributed by atoms with E-state index in [4.69, 9.17) is 4.74 Å². The van der Waals surface area contributed by atoms with E-state index in [1.807, 2.05) is 16.7 Å². The van der Waals surface area contributed by atoms with E-state index in [2.05, 4.69) is 71.2 Å². The Hall–Kier alpha value is -1.97. The predicted molar refractivity (Wildman–Crippen MR) is 155 cm³/mol. The van der Waals surface area contributed by atoms with Crippen molar-refractivity contribution in [1.82, 2.24) is 20.0 Å². The lowest BCUT2D eigenvalue weighted by Crippen LogP contribution is -2.60. The number of ether oxygens (including phenoxy) is 1. The predicted octanol–water partition coefficient (Wildman–Crippen LogP) is 3.64. The normalized spacial score (nSPS) is 25.9. The fraction of sp³-hybridized carbons (Fsp3) is 0.700. The quantitative estimate of drug-likeness (QED) is 0.536. The molecule has 3 saturated heterocycles. The monoisotopic (exact) mass is 604 g/mol. The van der Waals surface area contributed by atoms with Crippen molar-refractivity contribution in [3.63, 3.8) is 0 Å². The molecule has 1 N–H and O–H groups in total. The van der Waals surface area contributed by atoms with Gasteiger partial charge in [0, 0.05) is 75.3 Å². The first-order chi connectivity index (χ1) is 18.4. The van der Waals surface area contributed by atoms with Crippen LogP contribution >= 0.6 is 15.9 Å². The Kier molecular flexibility index (Phi) is 9.76. The van der Waals surface area contributed by atoms with Gasteiger partial charge in [-0.05, 0) is 49.3 Å². The molecule has 2 unspecified atom stereocenters. The molecule has 9 heteroatoms. The molecular weight excluding hydrogens is 560 g/mol. The zero-order valence-corrected chi connectivity index (χ0v) is 25.7. The zero-order valence-electron chi connectivity index (χ0n) is 24.1. The van der Waals surface area contributed by atoms with Gasteiger partial charge in [0.2, 0.25) is 17.7 Å². The number of halogens is 1. The number of amides is 3. The van der Waals surface area contributed by atoms with Gasteiger partial charge in [-0.15, -0.1) is 0 Å². The highest BCUT2D eigenvalue weighted by Crippen LogP contribution is 2.37. The SMILES string of the molecule is CC(=O)N[C@@H](CC(C)(C)C)C(=O)N1CCN(C(=O)C2CN(C3CCOCC3)CC2c2ccc(Br)cc2)C[C@H]1C. The molecule has 216 valence electrons. The molecule has 3 heterocycles. The molecule has 1 aromatic carbocycles. The van der Waals surface area contributed by atoms with Gasteiger partial charge in [0.25, 0.3) is 0 Å². The van der Waals surface area contributed by atoms with Gasteiger partial charge < -0.3 is 19.9 Å². The van der Waals surface area contributed by atoms with E-state index in [1.165, 1.54) is 12.5 Å². The van der Waals surface area contributed by atoms with Gasteiger partial charge in [-0.1, -0.05) is 48.8 Å². The topological polar surface area (TPSA) is 82.2 Å². The third-order valence-electron chi connectivity index (χ3n) is 8.39. The van der Waals surface area contributed by atoms with E-state index in [0.29, 0.717) is 32.1 Å². The molecule has 8 nitrogen and oxygen atoms in total. The average Bonchev–Trinajstić information content (AvgIpc) is 3.33. The van der Waals surface area contributed by atoms with Crippen LogP contribution in [-0.4, -0.2) is 96.5 Å². The van der Waals surface area contributed by atoms with Gasteiger partial charge in [-0.2, -0.15) is 0 Å². The maximum absolute atomic E-state index is 14.1. The molecule has 0 radical (unpaired) electrons. The van der Waals surface area contributed by atoms with Crippen molar-refractivity contribution in [3.05, 3.63) is 34.3 Å². The van der Waals surface area contributed by atoms with Crippen LogP contribution in [0, 0.1) is 11.3 Å². The Balaban J connectivity index is 1.46. The summed E-state index contributed by atoms with van der Waals surface area (Å²) in [6.45, 7) is 14.4. The van der Waals surface area contributed by atoms with Crippen molar-refractivity contribution in [2.45, 2.75) is 77.9 Å². The fourth-order valence-electron chi connectivity index (χ4n) is 6.46. The van der Waals surface area contributed by atoms with Crippen LogP contribution in [0.25, 0.3) is 0 Å². The molecule has 0 spiro atoms. The number of likely N-dealkylation sites (tertiary alicyclic amines) is 1. The molecule has 4 rings (SSSR count). The highest BCUT2D eigenvalue weighted by Gasteiger charge is 2.44. The molecule has 39 heavy (non-hydrogen) atoms. The van der Waals surface area contributed by atoms with Crippen LogP contribution < -0.4 is 5.32 Å². The molecule has 1 aromatic rings. The molecule has 0 aromatic heterocycles. The summed E-state index contributed by atoms with van der Waals surface area (Å²) in [6, 6.07) is 8.17. The highest BCUT2D eigenvalue weighted by molar-refractivity contribution is 9.10. The molecule has 3 aliphatic heterocycles. The second-order valence-electron chi connectivity index (χ2n) is 12.7. The summed E-state index contributed by atoms with van der Waals surface area (Å²) < 4.78 is 6.63. The van der Waals surface area contributed by atoms with E-state index in [1.54, 1.807) is 0 Å². The van der Waals surface area contributed by atoms with Crippen molar-refractivity contribution in [2.75, 3.05) is 45.9 Å². The minimum atomic E-state index is -0.558. The zero-order chi connectivity index (χ0) is 28.3. The molecular formula is C30H45BrN4O4. The Morgan fingerprint density at radius 3 is 2.31 bits per heavy atom. The van der Waals surface area contributed by atoms with Crippen molar-refractivity contribution < 1.29 is 19.1 Å². The molecule has 0 aliphatic carbocycles. The lowest BCUT2D eigenvalue weighted by atomic mass is 9.87. The van der Waals surface area contributed by atoms with E-state index in [-0.39, 0.29) is 41.0 Å². The van der Waals surface area contributed by atoms with Crippen LogP contribution in [0.15, 0.2) is 28.7 Å². The van der Waals surface area contributed by atoms with Crippen molar-refractivity contribution in [1.29, 1.82) is 0 Å². The van der Waals surface area contributed by atoms with E-state index >= 15 is 0 Å². The lowest BCUT2D eigenvalue weighted by Gasteiger charge is -2.43. The van der Waals surface area contributed by atoms with Crippen molar-refractivity contribution >= 4 is 33.7 Å². The van der Waals surface area contributed by atoms with Crippen LogP contribution in [0.4, 0.5) is 0 Å². The number of nitrogens with zero attached hydrogens (tertiary/aromatic N) is 3. The number of carbonyl (C=O) groups excluding carboxylic acids is 3.